The summed E-state index contributed by atoms with van der Waals surface area (Å²) in [6, 6.07) is 0. The van der Waals surface area contributed by atoms with Gasteiger partial charge in [0.1, 0.15) is 17.1 Å². The van der Waals surface area contributed by atoms with Gasteiger partial charge in [0.25, 0.3) is 0 Å². The van der Waals surface area contributed by atoms with Gasteiger partial charge in [-0.1, -0.05) is 51.4 Å². The van der Waals surface area contributed by atoms with Crippen LogP contribution in [0.15, 0.2) is 0 Å². The second kappa shape index (κ2) is 13.7. The van der Waals surface area contributed by atoms with Crippen molar-refractivity contribution in [3.8, 4) is 11.5 Å². The van der Waals surface area contributed by atoms with Gasteiger partial charge in [0.15, 0.2) is 0 Å². The van der Waals surface area contributed by atoms with Crippen LogP contribution in [0.4, 0.5) is 0 Å². The quantitative estimate of drug-likeness (QED) is 0.133. The van der Waals surface area contributed by atoms with E-state index in [1.807, 2.05) is 20.8 Å². The maximum Gasteiger partial charge on any atom is 0.524 e. The molecule has 9 nitrogen and oxygen atoms in total. The molecule has 11 heteroatoms. The molecule has 36 heavy (non-hydrogen) atoms. The third-order valence-electron chi connectivity index (χ3n) is 7.13. The molecule has 1 aliphatic heterocycles. The zero-order chi connectivity index (χ0) is 27.0. The molecule has 0 spiro atoms. The maximum atomic E-state index is 11.4. The SMILES string of the molecule is Cc1c(C)c2c(c(C)c1OP(=O)(O)O)CCC(C)(CCCCCCCCCCCCOP(=O)(O)O)O2. The molecule has 208 valence electrons. The molecule has 0 saturated carbocycles. The topological polar surface area (TPSA) is 143 Å². The first-order valence-corrected chi connectivity index (χ1v) is 16.1. The molecule has 0 amide bonds. The van der Waals surface area contributed by atoms with Crippen LogP contribution in [0.2, 0.25) is 0 Å². The van der Waals surface area contributed by atoms with Gasteiger partial charge < -0.3 is 19.0 Å². The van der Waals surface area contributed by atoms with E-state index in [9.17, 15) is 18.9 Å². The zero-order valence-corrected chi connectivity index (χ0v) is 23.9. The molecule has 0 radical (unpaired) electrons. The predicted octanol–water partition coefficient (Wildman–Crippen LogP) is 6.57. The molecule has 1 atom stereocenters. The van der Waals surface area contributed by atoms with Crippen LogP contribution < -0.4 is 9.26 Å². The molecule has 4 N–H and O–H groups in total. The summed E-state index contributed by atoms with van der Waals surface area (Å²) in [5.74, 6) is 1.10. The van der Waals surface area contributed by atoms with Crippen molar-refractivity contribution in [3.05, 3.63) is 22.3 Å². The van der Waals surface area contributed by atoms with Gasteiger partial charge in [-0.15, -0.1) is 0 Å². The highest BCUT2D eigenvalue weighted by Crippen LogP contribution is 2.48. The Kier molecular flexibility index (Phi) is 12.0. The Labute approximate surface area is 215 Å². The van der Waals surface area contributed by atoms with Crippen LogP contribution in [0.3, 0.4) is 0 Å². The van der Waals surface area contributed by atoms with Crippen LogP contribution in [-0.4, -0.2) is 31.8 Å². The molecule has 1 aliphatic rings. The summed E-state index contributed by atoms with van der Waals surface area (Å²) in [6.45, 7) is 7.84. The Morgan fingerprint density at radius 2 is 1.31 bits per heavy atom. The third-order valence-corrected chi connectivity index (χ3v) is 8.07. The first-order chi connectivity index (χ1) is 16.7. The Hall–Kier alpha value is -0.920. The average molecular weight is 551 g/mol. The standard InChI is InChI=1S/C25H44O9P2/c1-19-20(2)24-22(21(3)23(19)34-36(29,30)31)15-17-25(4,33-24)16-13-11-9-7-5-6-8-10-12-14-18-32-35(26,27)28/h5-18H2,1-4H3,(H2,26,27,28)(H2,29,30,31). The Morgan fingerprint density at radius 3 is 1.83 bits per heavy atom. The summed E-state index contributed by atoms with van der Waals surface area (Å²) in [5.41, 5.74) is 3.06. The van der Waals surface area contributed by atoms with Gasteiger partial charge in [-0.2, -0.15) is 0 Å². The van der Waals surface area contributed by atoms with E-state index < -0.39 is 15.6 Å². The smallest absolute Gasteiger partial charge is 0.487 e. The van der Waals surface area contributed by atoms with Gasteiger partial charge in [0.05, 0.1) is 6.61 Å². The first kappa shape index (κ1) is 31.3. The highest BCUT2D eigenvalue weighted by Gasteiger charge is 2.35. The van der Waals surface area contributed by atoms with Crippen LogP contribution in [0.5, 0.6) is 11.5 Å². The Balaban J connectivity index is 1.68. The first-order valence-electron chi connectivity index (χ1n) is 13.0. The van der Waals surface area contributed by atoms with E-state index >= 15 is 0 Å². The van der Waals surface area contributed by atoms with Crippen LogP contribution in [0, 0.1) is 20.8 Å². The molecule has 0 bridgehead atoms. The lowest BCUT2D eigenvalue weighted by atomic mass is 9.84. The lowest BCUT2D eigenvalue weighted by molar-refractivity contribution is 0.0522. The van der Waals surface area contributed by atoms with Crippen molar-refractivity contribution in [2.45, 2.75) is 117 Å². The van der Waals surface area contributed by atoms with E-state index in [-0.39, 0.29) is 18.0 Å². The number of hydrogen-bond donors (Lipinski definition) is 4. The Morgan fingerprint density at radius 1 is 0.778 bits per heavy atom. The predicted molar refractivity (Wildman–Crippen MR) is 139 cm³/mol. The molecule has 0 aliphatic carbocycles. The Bertz CT molecular complexity index is 954. The van der Waals surface area contributed by atoms with Gasteiger partial charge in [-0.05, 0) is 76.5 Å². The molecule has 1 aromatic carbocycles. The van der Waals surface area contributed by atoms with Crippen LogP contribution in [-0.2, 0) is 20.1 Å². The van der Waals surface area contributed by atoms with E-state index in [4.69, 9.17) is 19.0 Å². The second-order valence-electron chi connectivity index (χ2n) is 10.3. The summed E-state index contributed by atoms with van der Waals surface area (Å²) in [4.78, 5) is 35.9. The number of benzene rings is 1. The van der Waals surface area contributed by atoms with Crippen molar-refractivity contribution in [1.82, 2.24) is 0 Å². The molecule has 1 heterocycles. The fraction of sp³-hybridized carbons (Fsp3) is 0.760. The number of phosphoric acid groups is 2. The van der Waals surface area contributed by atoms with E-state index in [2.05, 4.69) is 11.4 Å². The van der Waals surface area contributed by atoms with Crippen molar-refractivity contribution in [2.75, 3.05) is 6.61 Å². The lowest BCUT2D eigenvalue weighted by Gasteiger charge is -2.38. The number of phosphoric ester groups is 2. The molecule has 2 rings (SSSR count). The zero-order valence-electron chi connectivity index (χ0n) is 22.1. The van der Waals surface area contributed by atoms with Crippen molar-refractivity contribution in [2.24, 2.45) is 0 Å². The average Bonchev–Trinajstić information content (AvgIpc) is 2.77. The number of rotatable bonds is 16. The van der Waals surface area contributed by atoms with Gasteiger partial charge >= 0.3 is 15.6 Å². The monoisotopic (exact) mass is 550 g/mol. The van der Waals surface area contributed by atoms with Crippen molar-refractivity contribution in [1.29, 1.82) is 0 Å². The molecular weight excluding hydrogens is 506 g/mol. The summed E-state index contributed by atoms with van der Waals surface area (Å²) < 4.78 is 38.0. The lowest BCUT2D eigenvalue weighted by Crippen LogP contribution is -2.37. The summed E-state index contributed by atoms with van der Waals surface area (Å²) >= 11 is 0. The highest BCUT2D eigenvalue weighted by molar-refractivity contribution is 7.46. The summed E-state index contributed by atoms with van der Waals surface area (Å²) in [6.07, 6.45) is 13.5. The maximum absolute atomic E-state index is 11.4. The van der Waals surface area contributed by atoms with Gasteiger partial charge in [-0.25, -0.2) is 9.13 Å². The molecular formula is C25H44O9P2. The molecule has 1 unspecified atom stereocenters. The highest BCUT2D eigenvalue weighted by atomic mass is 31.2. The second-order valence-corrected chi connectivity index (χ2v) is 12.7. The van der Waals surface area contributed by atoms with Gasteiger partial charge in [0, 0.05) is 5.56 Å². The van der Waals surface area contributed by atoms with Crippen LogP contribution in [0.25, 0.3) is 0 Å². The van der Waals surface area contributed by atoms with Crippen molar-refractivity contribution in [3.63, 3.8) is 0 Å². The number of unbranched alkanes of at least 4 members (excludes halogenated alkanes) is 9. The molecule has 0 saturated heterocycles. The van der Waals surface area contributed by atoms with E-state index in [0.717, 1.165) is 73.8 Å². The minimum Gasteiger partial charge on any atom is -0.487 e. The fourth-order valence-corrected chi connectivity index (χ4v) is 5.79. The molecule has 1 aromatic rings. The number of fused-ring (bicyclic) bond motifs is 1. The minimum atomic E-state index is -4.63. The number of hydrogen-bond acceptors (Lipinski definition) is 5. The van der Waals surface area contributed by atoms with E-state index in [1.165, 1.54) is 25.7 Å². The van der Waals surface area contributed by atoms with Crippen molar-refractivity contribution < 1.29 is 42.5 Å². The molecule has 0 aromatic heterocycles. The van der Waals surface area contributed by atoms with Crippen LogP contribution in [0.1, 0.15) is 106 Å². The largest absolute Gasteiger partial charge is 0.524 e. The normalized spacial score (nSPS) is 18.1. The van der Waals surface area contributed by atoms with Gasteiger partial charge in [0.2, 0.25) is 0 Å². The number of ether oxygens (including phenoxy) is 1. The molecule has 0 fully saturated rings. The van der Waals surface area contributed by atoms with E-state index in [0.29, 0.717) is 12.0 Å². The summed E-state index contributed by atoms with van der Waals surface area (Å²) in [5, 5.41) is 0. The summed E-state index contributed by atoms with van der Waals surface area (Å²) in [7, 11) is -8.96. The van der Waals surface area contributed by atoms with Gasteiger partial charge in [-0.3, -0.25) is 14.3 Å². The fourth-order valence-electron chi connectivity index (χ4n) is 4.91. The van der Waals surface area contributed by atoms with Crippen LogP contribution >= 0.6 is 15.6 Å². The van der Waals surface area contributed by atoms with Crippen molar-refractivity contribution >= 4 is 15.6 Å². The third kappa shape index (κ3) is 10.4. The van der Waals surface area contributed by atoms with E-state index in [1.54, 1.807) is 0 Å². The minimum absolute atomic E-state index is 0.114.